The van der Waals surface area contributed by atoms with E-state index in [4.69, 9.17) is 5.26 Å². The van der Waals surface area contributed by atoms with E-state index in [-0.39, 0.29) is 17.1 Å². The van der Waals surface area contributed by atoms with Gasteiger partial charge in [-0.05, 0) is 0 Å². The van der Waals surface area contributed by atoms with Gasteiger partial charge in [0.1, 0.15) is 0 Å². The molecule has 0 saturated carbocycles. The molecule has 0 aromatic rings. The van der Waals surface area contributed by atoms with Crippen LogP contribution in [0.15, 0.2) is 0 Å². The number of hydrogen-bond acceptors (Lipinski definition) is 2. The van der Waals surface area contributed by atoms with Gasteiger partial charge in [0.05, 0.1) is 7.11 Å². The van der Waals surface area contributed by atoms with Crippen LogP contribution < -0.4 is 0 Å². The Morgan fingerprint density at radius 3 is 1.75 bits per heavy atom. The SMILES string of the molecule is COO.[Fe]. The van der Waals surface area contributed by atoms with Gasteiger partial charge in [-0.3, -0.25) is 5.26 Å². The molecule has 4 heavy (non-hydrogen) atoms. The molecule has 0 aliphatic carbocycles. The maximum atomic E-state index is 7.07. The standard InChI is InChI=1S/CH4O2.Fe/c1-3-2;/h2H,1H3;. The molecule has 0 aromatic heterocycles. The van der Waals surface area contributed by atoms with Crippen molar-refractivity contribution in [2.75, 3.05) is 7.11 Å². The molecule has 0 unspecified atom stereocenters. The Kier molecular flexibility index (Phi) is 21.8. The van der Waals surface area contributed by atoms with Crippen LogP contribution in [0.1, 0.15) is 0 Å². The van der Waals surface area contributed by atoms with Crippen molar-refractivity contribution in [2.45, 2.75) is 0 Å². The fraction of sp³-hybridized carbons (Fsp3) is 1.00. The summed E-state index contributed by atoms with van der Waals surface area (Å²) in [5.41, 5.74) is 0. The molecule has 0 rings (SSSR count). The molecule has 0 aliphatic heterocycles. The van der Waals surface area contributed by atoms with Gasteiger partial charge in [-0.15, -0.1) is 0 Å². The maximum Gasteiger partial charge on any atom is 0.0710 e. The van der Waals surface area contributed by atoms with E-state index in [1.165, 1.54) is 7.11 Å². The van der Waals surface area contributed by atoms with Gasteiger partial charge < -0.3 is 0 Å². The van der Waals surface area contributed by atoms with Gasteiger partial charge in [-0.1, -0.05) is 0 Å². The molecule has 0 bridgehead atoms. The van der Waals surface area contributed by atoms with E-state index in [0.29, 0.717) is 0 Å². The molecule has 0 fully saturated rings. The van der Waals surface area contributed by atoms with E-state index in [1.54, 1.807) is 0 Å². The second-order valence-electron chi connectivity index (χ2n) is 0.183. The smallest absolute Gasteiger partial charge is 0.0710 e. The van der Waals surface area contributed by atoms with E-state index in [1.807, 2.05) is 0 Å². The third-order valence-electron chi connectivity index (χ3n) is 0. The van der Waals surface area contributed by atoms with Crippen LogP contribution in [0.3, 0.4) is 0 Å². The predicted molar refractivity (Wildman–Crippen MR) is 9.64 cm³/mol. The van der Waals surface area contributed by atoms with E-state index < -0.39 is 0 Å². The first kappa shape index (κ1) is 8.83. The minimum Gasteiger partial charge on any atom is -0.252 e. The first-order valence-electron chi connectivity index (χ1n) is 0.591. The van der Waals surface area contributed by atoms with Crippen LogP contribution in [0, 0.1) is 0 Å². The van der Waals surface area contributed by atoms with Crippen molar-refractivity contribution in [1.29, 1.82) is 0 Å². The van der Waals surface area contributed by atoms with Gasteiger partial charge in [0.15, 0.2) is 0 Å². The van der Waals surface area contributed by atoms with Crippen LogP contribution in [0.4, 0.5) is 0 Å². The van der Waals surface area contributed by atoms with Crippen LogP contribution in [0.25, 0.3) is 0 Å². The molecular formula is CH4FeO2. The van der Waals surface area contributed by atoms with Crippen molar-refractivity contribution >= 4 is 0 Å². The molecule has 3 heteroatoms. The molecule has 1 N–H and O–H groups in total. The van der Waals surface area contributed by atoms with E-state index in [0.717, 1.165) is 0 Å². The average Bonchev–Trinajstić information content (AvgIpc) is 0.918. The van der Waals surface area contributed by atoms with Crippen LogP contribution >= 0.6 is 0 Å². The molecule has 0 aliphatic rings. The van der Waals surface area contributed by atoms with E-state index in [2.05, 4.69) is 4.89 Å². The summed E-state index contributed by atoms with van der Waals surface area (Å²) in [7, 11) is 1.18. The molecule has 0 atom stereocenters. The average molecular weight is 104 g/mol. The molecule has 2 nitrogen and oxygen atoms in total. The van der Waals surface area contributed by atoms with Gasteiger partial charge >= 0.3 is 0 Å². The van der Waals surface area contributed by atoms with Gasteiger partial charge in [-0.25, -0.2) is 4.89 Å². The molecule has 0 aromatic carbocycles. The normalized spacial score (nSPS) is 4.50. The second-order valence-corrected chi connectivity index (χ2v) is 0.183. The largest absolute Gasteiger partial charge is 0.252 e. The Labute approximate surface area is 35.2 Å². The molecule has 0 spiro atoms. The monoisotopic (exact) mass is 104 g/mol. The van der Waals surface area contributed by atoms with Crippen LogP contribution in [-0.4, -0.2) is 12.4 Å². The molecular weight excluding hydrogens is 99.9 g/mol. The van der Waals surface area contributed by atoms with Gasteiger partial charge in [0.2, 0.25) is 0 Å². The zero-order valence-electron chi connectivity index (χ0n) is 2.21. The van der Waals surface area contributed by atoms with Crippen LogP contribution in [0.5, 0.6) is 0 Å². The minimum absolute atomic E-state index is 0. The first-order chi connectivity index (χ1) is 1.41. The number of hydrogen-bond donors (Lipinski definition) is 1. The third-order valence-corrected chi connectivity index (χ3v) is 0. The Morgan fingerprint density at radius 1 is 1.75 bits per heavy atom. The quantitative estimate of drug-likeness (QED) is 0.268. The summed E-state index contributed by atoms with van der Waals surface area (Å²) in [6.45, 7) is 0. The zero-order chi connectivity index (χ0) is 2.71. The number of rotatable bonds is 0. The summed E-state index contributed by atoms with van der Waals surface area (Å²) in [5, 5.41) is 7.07. The fourth-order valence-corrected chi connectivity index (χ4v) is 0. The van der Waals surface area contributed by atoms with E-state index >= 15 is 0 Å². The topological polar surface area (TPSA) is 29.5 Å². The second kappa shape index (κ2) is 9.88. The predicted octanol–water partition coefficient (Wildman–Crippen LogP) is 0.103. The Balaban J connectivity index is 0. The maximum absolute atomic E-state index is 7.07. The van der Waals surface area contributed by atoms with Gasteiger partial charge in [0, 0.05) is 17.1 Å². The van der Waals surface area contributed by atoms with Gasteiger partial charge in [0.25, 0.3) is 0 Å². The fourth-order valence-electron chi connectivity index (χ4n) is 0. The van der Waals surface area contributed by atoms with Crippen molar-refractivity contribution in [2.24, 2.45) is 0 Å². The summed E-state index contributed by atoms with van der Waals surface area (Å²) < 4.78 is 0. The molecule has 0 saturated heterocycles. The summed E-state index contributed by atoms with van der Waals surface area (Å²) in [6.07, 6.45) is 0. The Morgan fingerprint density at radius 2 is 1.75 bits per heavy atom. The van der Waals surface area contributed by atoms with E-state index in [9.17, 15) is 0 Å². The van der Waals surface area contributed by atoms with Crippen molar-refractivity contribution in [1.82, 2.24) is 0 Å². The van der Waals surface area contributed by atoms with Crippen molar-refractivity contribution in [3.63, 3.8) is 0 Å². The molecule has 0 heterocycles. The van der Waals surface area contributed by atoms with Crippen LogP contribution in [-0.2, 0) is 22.0 Å². The molecule has 28 valence electrons. The minimum atomic E-state index is 0. The summed E-state index contributed by atoms with van der Waals surface area (Å²) in [6, 6.07) is 0. The molecule has 0 amide bonds. The Bertz CT molecular complexity index is 6.00. The summed E-state index contributed by atoms with van der Waals surface area (Å²) in [4.78, 5) is 3.25. The van der Waals surface area contributed by atoms with Crippen molar-refractivity contribution < 1.29 is 27.2 Å². The zero-order valence-corrected chi connectivity index (χ0v) is 3.31. The first-order valence-corrected chi connectivity index (χ1v) is 0.591. The Hall–Kier alpha value is 0.439. The molecule has 0 radical (unpaired) electrons. The summed E-state index contributed by atoms with van der Waals surface area (Å²) >= 11 is 0. The van der Waals surface area contributed by atoms with Gasteiger partial charge in [-0.2, -0.15) is 0 Å². The van der Waals surface area contributed by atoms with Crippen molar-refractivity contribution in [3.8, 4) is 0 Å². The summed E-state index contributed by atoms with van der Waals surface area (Å²) in [5.74, 6) is 0. The van der Waals surface area contributed by atoms with Crippen LogP contribution in [0.2, 0.25) is 0 Å². The third kappa shape index (κ3) is 26.2. The van der Waals surface area contributed by atoms with Crippen molar-refractivity contribution in [3.05, 3.63) is 0 Å².